The fraction of sp³-hybridized carbons (Fsp3) is 0.333. The molecule has 2 aromatic rings. The second kappa shape index (κ2) is 5.27. The van der Waals surface area contributed by atoms with E-state index in [9.17, 15) is 4.39 Å². The van der Waals surface area contributed by atoms with E-state index in [1.165, 1.54) is 12.1 Å². The summed E-state index contributed by atoms with van der Waals surface area (Å²) in [6, 6.07) is 4.67. The summed E-state index contributed by atoms with van der Waals surface area (Å²) in [5.41, 5.74) is 1.45. The van der Waals surface area contributed by atoms with Crippen molar-refractivity contribution < 1.29 is 8.91 Å². The maximum Gasteiger partial charge on any atom is 0.227 e. The Bertz CT molecular complexity index is 493. The largest absolute Gasteiger partial charge is 0.339 e. The zero-order valence-electron chi connectivity index (χ0n) is 9.41. The monoisotopic (exact) mass is 254 g/mol. The van der Waals surface area contributed by atoms with Crippen LogP contribution in [-0.4, -0.2) is 16.0 Å². The highest BCUT2D eigenvalue weighted by Crippen LogP contribution is 2.19. The van der Waals surface area contributed by atoms with E-state index in [0.717, 1.165) is 12.0 Å². The highest BCUT2D eigenvalue weighted by Gasteiger charge is 2.09. The second-order valence-corrected chi connectivity index (χ2v) is 4.20. The first-order valence-corrected chi connectivity index (χ1v) is 5.88. The van der Waals surface area contributed by atoms with Crippen LogP contribution in [0, 0.1) is 12.7 Å². The molecule has 0 bridgehead atoms. The van der Waals surface area contributed by atoms with Gasteiger partial charge in [-0.05, 0) is 37.1 Å². The Morgan fingerprint density at radius 3 is 2.88 bits per heavy atom. The lowest BCUT2D eigenvalue weighted by Gasteiger charge is -1.97. The first-order chi connectivity index (χ1) is 8.19. The lowest BCUT2D eigenvalue weighted by Crippen LogP contribution is -1.88. The molecule has 0 spiro atoms. The maximum atomic E-state index is 13.2. The van der Waals surface area contributed by atoms with Gasteiger partial charge in [0.15, 0.2) is 0 Å². The predicted molar refractivity (Wildman–Crippen MR) is 63.5 cm³/mol. The van der Waals surface area contributed by atoms with Crippen LogP contribution in [0.1, 0.15) is 17.9 Å². The third-order valence-corrected chi connectivity index (χ3v) is 2.56. The van der Waals surface area contributed by atoms with Gasteiger partial charge in [-0.1, -0.05) is 5.16 Å². The first-order valence-electron chi connectivity index (χ1n) is 5.35. The van der Waals surface area contributed by atoms with E-state index in [-0.39, 0.29) is 5.82 Å². The number of hydrogen-bond acceptors (Lipinski definition) is 3. The topological polar surface area (TPSA) is 38.9 Å². The van der Waals surface area contributed by atoms with Gasteiger partial charge in [0.25, 0.3) is 0 Å². The molecule has 1 aromatic carbocycles. The van der Waals surface area contributed by atoms with Gasteiger partial charge in [-0.2, -0.15) is 4.98 Å². The average molecular weight is 255 g/mol. The minimum atomic E-state index is -0.299. The molecule has 1 aromatic heterocycles. The van der Waals surface area contributed by atoms with E-state index in [1.807, 2.05) is 13.0 Å². The maximum absolute atomic E-state index is 13.2. The molecule has 0 fully saturated rings. The Morgan fingerprint density at radius 1 is 1.35 bits per heavy atom. The summed E-state index contributed by atoms with van der Waals surface area (Å²) in [4.78, 5) is 4.20. The van der Waals surface area contributed by atoms with Crippen LogP contribution in [0.25, 0.3) is 11.4 Å². The van der Waals surface area contributed by atoms with Gasteiger partial charge in [-0.25, -0.2) is 4.39 Å². The molecule has 5 heteroatoms. The molecule has 0 N–H and O–H groups in total. The number of aryl methyl sites for hydroxylation is 2. The second-order valence-electron chi connectivity index (χ2n) is 3.82. The van der Waals surface area contributed by atoms with Gasteiger partial charge >= 0.3 is 0 Å². The van der Waals surface area contributed by atoms with Crippen LogP contribution in [0.15, 0.2) is 22.7 Å². The van der Waals surface area contributed by atoms with Gasteiger partial charge in [-0.3, -0.25) is 0 Å². The molecule has 0 amide bonds. The number of alkyl halides is 1. The van der Waals surface area contributed by atoms with Gasteiger partial charge in [-0.15, -0.1) is 11.6 Å². The molecule has 90 valence electrons. The van der Waals surface area contributed by atoms with Crippen molar-refractivity contribution in [2.24, 2.45) is 0 Å². The third kappa shape index (κ3) is 3.03. The summed E-state index contributed by atoms with van der Waals surface area (Å²) < 4.78 is 18.3. The summed E-state index contributed by atoms with van der Waals surface area (Å²) in [5.74, 6) is 1.20. The Labute approximate surface area is 104 Å². The molecule has 3 nitrogen and oxygen atoms in total. The Balaban J connectivity index is 2.24. The third-order valence-electron chi connectivity index (χ3n) is 2.29. The molecular weight excluding hydrogens is 243 g/mol. The van der Waals surface area contributed by atoms with E-state index >= 15 is 0 Å². The number of halogens is 2. The van der Waals surface area contributed by atoms with Crippen molar-refractivity contribution in [3.8, 4) is 11.4 Å². The summed E-state index contributed by atoms with van der Waals surface area (Å²) >= 11 is 5.58. The van der Waals surface area contributed by atoms with Crippen LogP contribution < -0.4 is 0 Å². The predicted octanol–water partition coefficient (Wildman–Crippen LogP) is 3.36. The number of nitrogens with zero attached hydrogens (tertiary/aromatic N) is 2. The normalized spacial score (nSPS) is 10.8. The number of benzene rings is 1. The average Bonchev–Trinajstić information content (AvgIpc) is 2.73. The minimum absolute atomic E-state index is 0.299. The van der Waals surface area contributed by atoms with E-state index in [0.29, 0.717) is 29.6 Å². The Hall–Kier alpha value is -1.42. The molecular formula is C12H12ClFN2O. The SMILES string of the molecule is Cc1cc(F)cc(-c2noc(CCCCl)n2)c1. The summed E-state index contributed by atoms with van der Waals surface area (Å²) in [6.07, 6.45) is 1.43. The van der Waals surface area contributed by atoms with Crippen molar-refractivity contribution in [3.63, 3.8) is 0 Å². The summed E-state index contributed by atoms with van der Waals surface area (Å²) in [7, 11) is 0. The van der Waals surface area contributed by atoms with Crippen LogP contribution in [-0.2, 0) is 6.42 Å². The highest BCUT2D eigenvalue weighted by molar-refractivity contribution is 6.17. The van der Waals surface area contributed by atoms with Crippen molar-refractivity contribution in [1.29, 1.82) is 0 Å². The molecule has 0 aliphatic rings. The number of hydrogen-bond donors (Lipinski definition) is 0. The Kier molecular flexibility index (Phi) is 3.74. The van der Waals surface area contributed by atoms with Gasteiger partial charge < -0.3 is 4.52 Å². The van der Waals surface area contributed by atoms with E-state index in [1.54, 1.807) is 0 Å². The molecule has 2 rings (SSSR count). The lowest BCUT2D eigenvalue weighted by atomic mass is 10.1. The van der Waals surface area contributed by atoms with Crippen LogP contribution in [0.5, 0.6) is 0 Å². The standard InChI is InChI=1S/C12H12ClFN2O/c1-8-5-9(7-10(14)6-8)12-15-11(17-16-12)3-2-4-13/h5-7H,2-4H2,1H3. The van der Waals surface area contributed by atoms with Crippen LogP contribution in [0.2, 0.25) is 0 Å². The number of aromatic nitrogens is 2. The van der Waals surface area contributed by atoms with E-state index in [2.05, 4.69) is 10.1 Å². The van der Waals surface area contributed by atoms with Crippen molar-refractivity contribution in [1.82, 2.24) is 10.1 Å². The fourth-order valence-electron chi connectivity index (χ4n) is 1.56. The quantitative estimate of drug-likeness (QED) is 0.786. The van der Waals surface area contributed by atoms with Gasteiger partial charge in [0.2, 0.25) is 11.7 Å². The fourth-order valence-corrected chi connectivity index (χ4v) is 1.69. The molecule has 0 saturated heterocycles. The molecule has 0 unspecified atom stereocenters. The minimum Gasteiger partial charge on any atom is -0.339 e. The van der Waals surface area contributed by atoms with E-state index in [4.69, 9.17) is 16.1 Å². The van der Waals surface area contributed by atoms with Gasteiger partial charge in [0.05, 0.1) is 0 Å². The van der Waals surface area contributed by atoms with Crippen LogP contribution >= 0.6 is 11.6 Å². The van der Waals surface area contributed by atoms with Crippen molar-refractivity contribution in [2.45, 2.75) is 19.8 Å². The van der Waals surface area contributed by atoms with Crippen molar-refractivity contribution >= 4 is 11.6 Å². The van der Waals surface area contributed by atoms with Crippen LogP contribution in [0.4, 0.5) is 4.39 Å². The summed E-state index contributed by atoms with van der Waals surface area (Å²) in [5, 5.41) is 3.83. The van der Waals surface area contributed by atoms with Crippen molar-refractivity contribution in [2.75, 3.05) is 5.88 Å². The molecule has 0 radical (unpaired) electrons. The Morgan fingerprint density at radius 2 is 2.18 bits per heavy atom. The first kappa shape index (κ1) is 12.0. The smallest absolute Gasteiger partial charge is 0.227 e. The van der Waals surface area contributed by atoms with Crippen molar-refractivity contribution in [3.05, 3.63) is 35.5 Å². The molecule has 1 heterocycles. The van der Waals surface area contributed by atoms with Crippen LogP contribution in [0.3, 0.4) is 0 Å². The van der Waals surface area contributed by atoms with Gasteiger partial charge in [0, 0.05) is 17.9 Å². The molecule has 0 atom stereocenters. The zero-order chi connectivity index (χ0) is 12.3. The molecule has 0 aliphatic heterocycles. The zero-order valence-corrected chi connectivity index (χ0v) is 10.2. The highest BCUT2D eigenvalue weighted by atomic mass is 35.5. The number of rotatable bonds is 4. The van der Waals surface area contributed by atoms with Gasteiger partial charge in [0.1, 0.15) is 5.82 Å². The van der Waals surface area contributed by atoms with E-state index < -0.39 is 0 Å². The lowest BCUT2D eigenvalue weighted by molar-refractivity contribution is 0.378. The summed E-state index contributed by atoms with van der Waals surface area (Å²) in [6.45, 7) is 1.82. The molecule has 0 saturated carbocycles. The molecule has 17 heavy (non-hydrogen) atoms. The molecule has 0 aliphatic carbocycles.